The van der Waals surface area contributed by atoms with Gasteiger partial charge in [0, 0.05) is 12.2 Å². The number of ether oxygens (including phenoxy) is 2. The number of nitrogens with zero attached hydrogens (tertiary/aromatic N) is 3. The number of hydrogen-bond donors (Lipinski definition) is 4. The molecule has 1 aromatic carbocycles. The molecule has 0 aliphatic carbocycles. The summed E-state index contributed by atoms with van der Waals surface area (Å²) < 4.78 is 37.1. The highest BCUT2D eigenvalue weighted by Gasteiger charge is 2.54. The van der Waals surface area contributed by atoms with E-state index in [2.05, 4.69) is 19.8 Å². The number of hydrogen-bond acceptors (Lipinski definition) is 11. The fourth-order valence-corrected chi connectivity index (χ4v) is 5.64. The predicted octanol–water partition coefficient (Wildman–Crippen LogP) is 1.77. The van der Waals surface area contributed by atoms with Crippen LogP contribution in [0, 0.1) is 0 Å². The molecule has 0 amide bonds. The number of anilines is 1. The summed E-state index contributed by atoms with van der Waals surface area (Å²) in [6.07, 6.45) is -0.776. The zero-order valence-corrected chi connectivity index (χ0v) is 21.4. The Hall–Kier alpha value is -3.06. The minimum absolute atomic E-state index is 0.0902. The lowest BCUT2D eigenvalue weighted by molar-refractivity contribution is -0.141. The van der Waals surface area contributed by atoms with E-state index in [1.165, 1.54) is 24.9 Å². The van der Waals surface area contributed by atoms with Gasteiger partial charge < -0.3 is 34.5 Å². The van der Waals surface area contributed by atoms with Crippen LogP contribution in [0.25, 0.3) is 11.0 Å². The fraction of sp³-hybridized carbons (Fsp3) is 0.435. The molecule has 6 atom stereocenters. The van der Waals surface area contributed by atoms with Crippen molar-refractivity contribution in [3.05, 3.63) is 48.9 Å². The molecule has 37 heavy (non-hydrogen) atoms. The number of aromatic nitrogens is 3. The normalized spacial score (nSPS) is 26.0. The number of benzene rings is 1. The van der Waals surface area contributed by atoms with Crippen LogP contribution >= 0.6 is 7.75 Å². The van der Waals surface area contributed by atoms with Crippen LogP contribution in [0.5, 0.6) is 5.75 Å². The first-order valence-electron chi connectivity index (χ1n) is 11.5. The summed E-state index contributed by atoms with van der Waals surface area (Å²) in [6.45, 7) is 2.62. The van der Waals surface area contributed by atoms with Crippen molar-refractivity contribution in [2.45, 2.75) is 50.3 Å². The number of nitrogen functional groups attached to an aromatic ring is 1. The van der Waals surface area contributed by atoms with E-state index >= 15 is 0 Å². The largest absolute Gasteiger partial charge is 0.469 e. The van der Waals surface area contributed by atoms with E-state index < -0.39 is 50.4 Å². The summed E-state index contributed by atoms with van der Waals surface area (Å²) >= 11 is 0. The van der Waals surface area contributed by atoms with Crippen molar-refractivity contribution in [2.24, 2.45) is 0 Å². The highest BCUT2D eigenvalue weighted by atomic mass is 31.2. The number of carbonyl (C=O) groups excluding carboxylic acids is 1. The zero-order chi connectivity index (χ0) is 26.8. The predicted molar refractivity (Wildman–Crippen MR) is 132 cm³/mol. The number of aliphatic hydroxyl groups is 2. The third kappa shape index (κ3) is 5.77. The SMILES string of the molecule is COC(=O)CC(C)NP(=O)(OCC1OC(n2ccc3c(N)ncnc32)[C@](C)(O)C1O)Oc1ccccc1. The minimum atomic E-state index is -4.08. The second kappa shape index (κ2) is 10.7. The summed E-state index contributed by atoms with van der Waals surface area (Å²) in [5, 5.41) is 25.3. The molecule has 1 aliphatic rings. The maximum Gasteiger partial charge on any atom is 0.459 e. The molecular weight excluding hydrogens is 505 g/mol. The van der Waals surface area contributed by atoms with Gasteiger partial charge in [0.05, 0.1) is 25.5 Å². The van der Waals surface area contributed by atoms with Gasteiger partial charge in [0.25, 0.3) is 0 Å². The lowest BCUT2D eigenvalue weighted by Gasteiger charge is -2.27. The topological polar surface area (TPSA) is 180 Å². The molecule has 1 saturated heterocycles. The van der Waals surface area contributed by atoms with Crippen LogP contribution in [0.3, 0.4) is 0 Å². The van der Waals surface area contributed by atoms with Crippen LogP contribution in [-0.2, 0) is 23.4 Å². The van der Waals surface area contributed by atoms with Crippen LogP contribution in [0.1, 0.15) is 26.5 Å². The van der Waals surface area contributed by atoms with E-state index in [0.29, 0.717) is 11.0 Å². The quantitative estimate of drug-likeness (QED) is 0.219. The van der Waals surface area contributed by atoms with Crippen molar-refractivity contribution in [3.63, 3.8) is 0 Å². The van der Waals surface area contributed by atoms with Gasteiger partial charge in [0.2, 0.25) is 0 Å². The number of carbonyl (C=O) groups is 1. The molecule has 3 aromatic rings. The lowest BCUT2D eigenvalue weighted by atomic mass is 9.96. The molecular formula is C23H30N5O8P. The van der Waals surface area contributed by atoms with Crippen LogP contribution in [-0.4, -0.2) is 68.3 Å². The van der Waals surface area contributed by atoms with E-state index in [1.54, 1.807) is 49.5 Å². The first-order chi connectivity index (χ1) is 17.5. The van der Waals surface area contributed by atoms with Gasteiger partial charge in [-0.3, -0.25) is 9.32 Å². The minimum Gasteiger partial charge on any atom is -0.469 e. The molecule has 0 bridgehead atoms. The highest BCUT2D eigenvalue weighted by molar-refractivity contribution is 7.52. The number of aliphatic hydroxyl groups excluding tert-OH is 1. The van der Waals surface area contributed by atoms with Crippen molar-refractivity contribution in [1.29, 1.82) is 0 Å². The molecule has 3 heterocycles. The Balaban J connectivity index is 1.53. The average Bonchev–Trinajstić information content (AvgIpc) is 3.37. The van der Waals surface area contributed by atoms with Crippen LogP contribution in [0.2, 0.25) is 0 Å². The van der Waals surface area contributed by atoms with E-state index in [0.717, 1.165) is 0 Å². The molecule has 14 heteroatoms. The summed E-state index contributed by atoms with van der Waals surface area (Å²) in [5.41, 5.74) is 4.55. The van der Waals surface area contributed by atoms with Gasteiger partial charge in [-0.2, -0.15) is 0 Å². The average molecular weight is 535 g/mol. The number of rotatable bonds is 10. The van der Waals surface area contributed by atoms with Crippen LogP contribution in [0.4, 0.5) is 5.82 Å². The Morgan fingerprint density at radius 2 is 2.05 bits per heavy atom. The molecule has 13 nitrogen and oxygen atoms in total. The first kappa shape index (κ1) is 27.0. The zero-order valence-electron chi connectivity index (χ0n) is 20.6. The number of para-hydroxylation sites is 1. The smallest absolute Gasteiger partial charge is 0.459 e. The summed E-state index contributed by atoms with van der Waals surface area (Å²) in [6, 6.07) is 9.38. The number of nitrogens with two attached hydrogens (primary N) is 1. The van der Waals surface area contributed by atoms with Crippen molar-refractivity contribution in [1.82, 2.24) is 19.6 Å². The van der Waals surface area contributed by atoms with Gasteiger partial charge >= 0.3 is 13.7 Å². The van der Waals surface area contributed by atoms with Crippen molar-refractivity contribution < 1.29 is 38.1 Å². The number of nitrogens with one attached hydrogen (secondary N) is 1. The van der Waals surface area contributed by atoms with Gasteiger partial charge in [-0.15, -0.1) is 0 Å². The van der Waals surface area contributed by atoms with Gasteiger partial charge in [0.1, 0.15) is 41.4 Å². The number of fused-ring (bicyclic) bond motifs is 1. The Morgan fingerprint density at radius 3 is 2.76 bits per heavy atom. The molecule has 2 aromatic heterocycles. The Labute approximate surface area is 213 Å². The molecule has 1 aliphatic heterocycles. The van der Waals surface area contributed by atoms with Crippen LogP contribution < -0.4 is 15.3 Å². The summed E-state index contributed by atoms with van der Waals surface area (Å²) in [5.74, 6) is 0.00788. The highest BCUT2D eigenvalue weighted by Crippen LogP contribution is 2.47. The molecule has 0 radical (unpaired) electrons. The third-order valence-corrected chi connectivity index (χ3v) is 7.70. The second-order valence-corrected chi connectivity index (χ2v) is 10.6. The van der Waals surface area contributed by atoms with Gasteiger partial charge in [-0.1, -0.05) is 18.2 Å². The Morgan fingerprint density at radius 1 is 1.32 bits per heavy atom. The lowest BCUT2D eigenvalue weighted by Crippen LogP contribution is -2.44. The maximum atomic E-state index is 13.7. The molecule has 0 saturated carbocycles. The van der Waals surface area contributed by atoms with Crippen molar-refractivity contribution in [2.75, 3.05) is 19.5 Å². The monoisotopic (exact) mass is 535 g/mol. The van der Waals surface area contributed by atoms with E-state index in [9.17, 15) is 19.6 Å². The Kier molecular flexibility index (Phi) is 7.83. The summed E-state index contributed by atoms with van der Waals surface area (Å²) in [7, 11) is -2.83. The number of methoxy groups -OCH3 is 1. The first-order valence-corrected chi connectivity index (χ1v) is 13.0. The van der Waals surface area contributed by atoms with Crippen molar-refractivity contribution in [3.8, 4) is 5.75 Å². The van der Waals surface area contributed by atoms with Crippen molar-refractivity contribution >= 4 is 30.6 Å². The van der Waals surface area contributed by atoms with Gasteiger partial charge in [-0.25, -0.2) is 19.6 Å². The maximum absolute atomic E-state index is 13.7. The second-order valence-electron chi connectivity index (χ2n) is 8.92. The van der Waals surface area contributed by atoms with E-state index in [4.69, 9.17) is 19.5 Å². The third-order valence-electron chi connectivity index (χ3n) is 6.00. The molecule has 4 rings (SSSR count). The number of esters is 1. The summed E-state index contributed by atoms with van der Waals surface area (Å²) in [4.78, 5) is 19.8. The molecule has 1 fully saturated rings. The standard InChI is InChI=1S/C23H30N5O8P/c1-14(11-18(29)33-3)27-37(32,36-15-7-5-4-6-8-15)34-12-17-19(30)23(2,31)22(35-17)28-10-9-16-20(24)25-13-26-21(16)28/h4-10,13-14,17,19,22,30-31H,11-12H2,1-3H3,(H,27,32)(H2,24,25,26)/t14?,17?,19?,22?,23-,37?/m1/s1. The molecule has 5 unspecified atom stereocenters. The fourth-order valence-electron chi connectivity index (χ4n) is 4.09. The molecule has 0 spiro atoms. The van der Waals surface area contributed by atoms with Gasteiger partial charge in [-0.05, 0) is 32.0 Å². The molecule has 5 N–H and O–H groups in total. The van der Waals surface area contributed by atoms with E-state index in [-0.39, 0.29) is 18.0 Å². The molecule has 200 valence electrons. The van der Waals surface area contributed by atoms with Crippen LogP contribution in [0.15, 0.2) is 48.9 Å². The van der Waals surface area contributed by atoms with Gasteiger partial charge in [0.15, 0.2) is 6.23 Å². The van der Waals surface area contributed by atoms with E-state index in [1.807, 2.05) is 0 Å². The Bertz CT molecular complexity index is 1290.